The lowest BCUT2D eigenvalue weighted by Crippen LogP contribution is -2.21. The first kappa shape index (κ1) is 14.8. The number of nitrogens with one attached hydrogen (secondary N) is 1. The summed E-state index contributed by atoms with van der Waals surface area (Å²) in [6.07, 6.45) is 5.32. The van der Waals surface area contributed by atoms with Crippen LogP contribution in [0.25, 0.3) is 0 Å². The fraction of sp³-hybridized carbons (Fsp3) is 0.357. The molecular formula is C14H18N4O3. The zero-order chi connectivity index (χ0) is 15.2. The van der Waals surface area contributed by atoms with Crippen molar-refractivity contribution in [2.24, 2.45) is 0 Å². The summed E-state index contributed by atoms with van der Waals surface area (Å²) in [6, 6.07) is 4.79. The zero-order valence-corrected chi connectivity index (χ0v) is 12.0. The van der Waals surface area contributed by atoms with Gasteiger partial charge < -0.3 is 14.6 Å². The molecule has 7 nitrogen and oxygen atoms in total. The van der Waals surface area contributed by atoms with E-state index in [-0.39, 0.29) is 11.7 Å². The van der Waals surface area contributed by atoms with Crippen molar-refractivity contribution in [3.63, 3.8) is 0 Å². The van der Waals surface area contributed by atoms with Crippen LogP contribution in [0.5, 0.6) is 5.75 Å². The Balaban J connectivity index is 2.12. The van der Waals surface area contributed by atoms with Crippen LogP contribution >= 0.6 is 0 Å². The summed E-state index contributed by atoms with van der Waals surface area (Å²) in [5, 5.41) is 14.2. The van der Waals surface area contributed by atoms with Crippen molar-refractivity contribution in [3.8, 4) is 5.75 Å². The predicted octanol–water partition coefficient (Wildman–Crippen LogP) is 2.69. The first-order valence-electron chi connectivity index (χ1n) is 6.73. The van der Waals surface area contributed by atoms with Gasteiger partial charge in [0.05, 0.1) is 23.9 Å². The molecule has 1 aromatic heterocycles. The Hall–Kier alpha value is -2.57. The molecule has 2 rings (SSSR count). The molecule has 1 heterocycles. The van der Waals surface area contributed by atoms with E-state index in [0.29, 0.717) is 24.6 Å². The Kier molecular flexibility index (Phi) is 4.76. The van der Waals surface area contributed by atoms with Crippen LogP contribution in [-0.4, -0.2) is 27.1 Å². The lowest BCUT2D eigenvalue weighted by Gasteiger charge is -2.16. The van der Waals surface area contributed by atoms with Gasteiger partial charge in [0.2, 0.25) is 0 Å². The summed E-state index contributed by atoms with van der Waals surface area (Å²) in [5.74, 6) is 0.490. The van der Waals surface area contributed by atoms with Crippen LogP contribution in [-0.2, 0) is 6.54 Å². The van der Waals surface area contributed by atoms with Crippen LogP contribution in [0.3, 0.4) is 0 Å². The van der Waals surface area contributed by atoms with Gasteiger partial charge in [-0.05, 0) is 13.8 Å². The molecular weight excluding hydrogens is 272 g/mol. The number of non-ortho nitro benzene ring substituents is 1. The summed E-state index contributed by atoms with van der Waals surface area (Å²) in [7, 11) is 0. The van der Waals surface area contributed by atoms with Gasteiger partial charge in [-0.25, -0.2) is 4.98 Å². The first-order chi connectivity index (χ1) is 10.1. The standard InChI is InChI=1S/C14H18N4O3/c1-3-21-14-7-12(6-13(8-14)18(19)20)16-11(2)9-17-5-4-15-10-17/h4-8,10-11,16H,3,9H2,1-2H3. The predicted molar refractivity (Wildman–Crippen MR) is 79.6 cm³/mol. The van der Waals surface area contributed by atoms with Crippen molar-refractivity contribution in [2.45, 2.75) is 26.4 Å². The van der Waals surface area contributed by atoms with Crippen molar-refractivity contribution < 1.29 is 9.66 Å². The molecule has 0 bridgehead atoms. The number of aromatic nitrogens is 2. The lowest BCUT2D eigenvalue weighted by molar-refractivity contribution is -0.384. The second-order valence-corrected chi connectivity index (χ2v) is 4.71. The number of imidazole rings is 1. The highest BCUT2D eigenvalue weighted by Gasteiger charge is 2.12. The van der Waals surface area contributed by atoms with Crippen molar-refractivity contribution in [1.29, 1.82) is 0 Å². The molecule has 1 aromatic carbocycles. The largest absolute Gasteiger partial charge is 0.494 e. The number of nitrogens with zero attached hydrogens (tertiary/aromatic N) is 3. The normalized spacial score (nSPS) is 11.9. The molecule has 112 valence electrons. The number of hydrogen-bond donors (Lipinski definition) is 1. The molecule has 21 heavy (non-hydrogen) atoms. The molecule has 1 N–H and O–H groups in total. The maximum atomic E-state index is 11.0. The van der Waals surface area contributed by atoms with E-state index in [2.05, 4.69) is 10.3 Å². The number of anilines is 1. The summed E-state index contributed by atoms with van der Waals surface area (Å²) in [5.41, 5.74) is 0.679. The molecule has 0 saturated carbocycles. The maximum Gasteiger partial charge on any atom is 0.275 e. The van der Waals surface area contributed by atoms with Crippen molar-refractivity contribution in [1.82, 2.24) is 9.55 Å². The van der Waals surface area contributed by atoms with Crippen LogP contribution < -0.4 is 10.1 Å². The average molecular weight is 290 g/mol. The number of nitro groups is 1. The van der Waals surface area contributed by atoms with Gasteiger partial charge in [-0.3, -0.25) is 10.1 Å². The Labute approximate surface area is 122 Å². The van der Waals surface area contributed by atoms with Gasteiger partial charge in [-0.2, -0.15) is 0 Å². The average Bonchev–Trinajstić information content (AvgIpc) is 2.91. The topological polar surface area (TPSA) is 82.2 Å². The molecule has 0 spiro atoms. The van der Waals surface area contributed by atoms with Gasteiger partial charge >= 0.3 is 0 Å². The molecule has 0 aliphatic heterocycles. The Morgan fingerprint density at radius 1 is 1.48 bits per heavy atom. The maximum absolute atomic E-state index is 11.0. The number of ether oxygens (including phenoxy) is 1. The van der Waals surface area contributed by atoms with Crippen LogP contribution in [0.15, 0.2) is 36.9 Å². The quantitative estimate of drug-likeness (QED) is 0.626. The van der Waals surface area contributed by atoms with Gasteiger partial charge in [0.15, 0.2) is 0 Å². The third-order valence-electron chi connectivity index (χ3n) is 2.87. The number of benzene rings is 1. The Bertz CT molecular complexity index is 598. The van der Waals surface area contributed by atoms with Crippen LogP contribution in [0.2, 0.25) is 0 Å². The summed E-state index contributed by atoms with van der Waals surface area (Å²) in [6.45, 7) is 5.02. The minimum Gasteiger partial charge on any atom is -0.494 e. The molecule has 1 unspecified atom stereocenters. The molecule has 2 aromatic rings. The summed E-state index contributed by atoms with van der Waals surface area (Å²) >= 11 is 0. The van der Waals surface area contributed by atoms with Crippen molar-refractivity contribution >= 4 is 11.4 Å². The number of hydrogen-bond acceptors (Lipinski definition) is 5. The number of nitro benzene ring substituents is 1. The van der Waals surface area contributed by atoms with E-state index in [1.807, 2.05) is 24.6 Å². The third-order valence-corrected chi connectivity index (χ3v) is 2.87. The van der Waals surface area contributed by atoms with E-state index in [4.69, 9.17) is 4.74 Å². The van der Waals surface area contributed by atoms with Gasteiger partial charge in [-0.15, -0.1) is 0 Å². The molecule has 1 atom stereocenters. The smallest absolute Gasteiger partial charge is 0.275 e. The van der Waals surface area contributed by atoms with Gasteiger partial charge in [0.25, 0.3) is 5.69 Å². The van der Waals surface area contributed by atoms with E-state index >= 15 is 0 Å². The second kappa shape index (κ2) is 6.74. The highest BCUT2D eigenvalue weighted by Crippen LogP contribution is 2.26. The first-order valence-corrected chi connectivity index (χ1v) is 6.73. The molecule has 0 radical (unpaired) electrons. The van der Waals surface area contributed by atoms with Gasteiger partial charge in [-0.1, -0.05) is 0 Å². The fourth-order valence-corrected chi connectivity index (χ4v) is 2.06. The third kappa shape index (κ3) is 4.20. The van der Waals surface area contributed by atoms with E-state index in [0.717, 1.165) is 0 Å². The fourth-order valence-electron chi connectivity index (χ4n) is 2.06. The van der Waals surface area contributed by atoms with E-state index < -0.39 is 4.92 Å². The molecule has 0 fully saturated rings. The van der Waals surface area contributed by atoms with E-state index in [1.54, 1.807) is 18.6 Å². The van der Waals surface area contributed by atoms with Crippen LogP contribution in [0.4, 0.5) is 11.4 Å². The monoisotopic (exact) mass is 290 g/mol. The van der Waals surface area contributed by atoms with Crippen molar-refractivity contribution in [2.75, 3.05) is 11.9 Å². The lowest BCUT2D eigenvalue weighted by atomic mass is 10.2. The highest BCUT2D eigenvalue weighted by atomic mass is 16.6. The SMILES string of the molecule is CCOc1cc(NC(C)Cn2ccnc2)cc([N+](=O)[O-])c1. The molecule has 7 heteroatoms. The van der Waals surface area contributed by atoms with E-state index in [9.17, 15) is 10.1 Å². The number of rotatable bonds is 7. The minimum absolute atomic E-state index is 0.0123. The van der Waals surface area contributed by atoms with Gasteiger partial charge in [0.1, 0.15) is 5.75 Å². The Morgan fingerprint density at radius 3 is 2.90 bits per heavy atom. The summed E-state index contributed by atoms with van der Waals surface area (Å²) < 4.78 is 7.31. The van der Waals surface area contributed by atoms with Crippen molar-refractivity contribution in [3.05, 3.63) is 47.0 Å². The minimum atomic E-state index is -0.422. The molecule has 0 amide bonds. The molecule has 0 aliphatic rings. The Morgan fingerprint density at radius 2 is 2.29 bits per heavy atom. The zero-order valence-electron chi connectivity index (χ0n) is 12.0. The molecule has 0 aliphatic carbocycles. The highest BCUT2D eigenvalue weighted by molar-refractivity contribution is 5.56. The molecule has 0 saturated heterocycles. The van der Waals surface area contributed by atoms with Crippen LogP contribution in [0.1, 0.15) is 13.8 Å². The van der Waals surface area contributed by atoms with E-state index in [1.165, 1.54) is 12.1 Å². The van der Waals surface area contributed by atoms with Crippen LogP contribution in [0, 0.1) is 10.1 Å². The van der Waals surface area contributed by atoms with Gasteiger partial charge in [0, 0.05) is 42.8 Å². The second-order valence-electron chi connectivity index (χ2n) is 4.71. The summed E-state index contributed by atoms with van der Waals surface area (Å²) in [4.78, 5) is 14.5.